The number of carbonyl (C=O) groups excluding carboxylic acids is 2. The van der Waals surface area contributed by atoms with Crippen molar-refractivity contribution in [2.45, 2.75) is 83.1 Å². The minimum absolute atomic E-state index is 0.000446. The SMILES string of the molecule is Cc1c(C(=O)NC2CC3N(c4ccc(C(=O)N[C@H]5CCN(C(C)C)C5)cn4)C4CC34C2)ccc2c1OCC2. The lowest BCUT2D eigenvalue weighted by molar-refractivity contribution is 0.0927. The molecule has 38 heavy (non-hydrogen) atoms. The van der Waals surface area contributed by atoms with Crippen molar-refractivity contribution >= 4 is 17.6 Å². The number of anilines is 1. The summed E-state index contributed by atoms with van der Waals surface area (Å²) in [5.74, 6) is 1.79. The van der Waals surface area contributed by atoms with Gasteiger partial charge in [-0.15, -0.1) is 0 Å². The zero-order valence-electron chi connectivity index (χ0n) is 22.5. The molecule has 5 aliphatic rings. The number of amides is 2. The number of pyridine rings is 1. The lowest BCUT2D eigenvalue weighted by Crippen LogP contribution is -2.53. The molecular formula is C30H37N5O3. The summed E-state index contributed by atoms with van der Waals surface area (Å²) in [5, 5.41) is 6.50. The van der Waals surface area contributed by atoms with Crippen molar-refractivity contribution < 1.29 is 14.3 Å². The first-order chi connectivity index (χ1) is 18.3. The standard InChI is InChI=1S/C30H37N5O3/c1-17(2)34-10-8-21(16-34)32-28(36)20-5-7-26(31-15-20)35-24-12-22(13-30(24)14-25(30)35)33-29(37)23-6-4-19-9-11-38-27(19)18(23)3/h4-7,15,17,21-22,24-25H,8-14,16H2,1-3H3,(H,32,36)(H,33,37)/t21-,22?,24?,25?,30?/m0/s1. The van der Waals surface area contributed by atoms with Crippen LogP contribution in [0.1, 0.15) is 71.4 Å². The molecular weight excluding hydrogens is 478 g/mol. The lowest BCUT2D eigenvalue weighted by Gasteiger charge is -2.44. The van der Waals surface area contributed by atoms with E-state index in [9.17, 15) is 9.59 Å². The fourth-order valence-electron chi connectivity index (χ4n) is 7.62. The Hall–Kier alpha value is -3.13. The number of hydrogen-bond acceptors (Lipinski definition) is 6. The van der Waals surface area contributed by atoms with Gasteiger partial charge < -0.3 is 20.3 Å². The number of nitrogens with one attached hydrogen (secondary N) is 2. The molecule has 8 heteroatoms. The molecule has 2 aromatic rings. The Labute approximate surface area is 224 Å². The third-order valence-corrected chi connectivity index (χ3v) is 9.79. The van der Waals surface area contributed by atoms with Crippen LogP contribution in [-0.2, 0) is 6.42 Å². The van der Waals surface area contributed by atoms with Crippen LogP contribution in [0.2, 0.25) is 0 Å². The van der Waals surface area contributed by atoms with Crippen LogP contribution in [0.3, 0.4) is 0 Å². The Morgan fingerprint density at radius 3 is 2.68 bits per heavy atom. The number of rotatable bonds is 6. The van der Waals surface area contributed by atoms with E-state index in [-0.39, 0.29) is 23.9 Å². The second-order valence-corrected chi connectivity index (χ2v) is 12.3. The van der Waals surface area contributed by atoms with Gasteiger partial charge in [-0.05, 0) is 70.2 Å². The lowest BCUT2D eigenvalue weighted by atomic mass is 9.90. The van der Waals surface area contributed by atoms with E-state index in [1.165, 1.54) is 5.56 Å². The minimum atomic E-state index is -0.0417. The van der Waals surface area contributed by atoms with Crippen LogP contribution >= 0.6 is 0 Å². The van der Waals surface area contributed by atoms with Gasteiger partial charge in [0, 0.05) is 72.5 Å². The molecule has 200 valence electrons. The zero-order valence-corrected chi connectivity index (χ0v) is 22.5. The van der Waals surface area contributed by atoms with Gasteiger partial charge in [-0.25, -0.2) is 4.98 Å². The molecule has 1 spiro atoms. The average molecular weight is 516 g/mol. The largest absolute Gasteiger partial charge is 0.493 e. The Morgan fingerprint density at radius 2 is 1.92 bits per heavy atom. The minimum Gasteiger partial charge on any atom is -0.493 e. The third-order valence-electron chi connectivity index (χ3n) is 9.79. The monoisotopic (exact) mass is 515 g/mol. The highest BCUT2D eigenvalue weighted by Gasteiger charge is 2.76. The van der Waals surface area contributed by atoms with Crippen molar-refractivity contribution in [3.63, 3.8) is 0 Å². The molecule has 2 amide bonds. The van der Waals surface area contributed by atoms with Gasteiger partial charge >= 0.3 is 0 Å². The Balaban J connectivity index is 0.973. The average Bonchev–Trinajstić information content (AvgIpc) is 3.33. The summed E-state index contributed by atoms with van der Waals surface area (Å²) in [5.41, 5.74) is 3.79. The Kier molecular flexibility index (Phi) is 5.48. The maximum absolute atomic E-state index is 13.2. The number of aromatic nitrogens is 1. The summed E-state index contributed by atoms with van der Waals surface area (Å²) >= 11 is 0. The van der Waals surface area contributed by atoms with E-state index in [1.807, 2.05) is 31.2 Å². The van der Waals surface area contributed by atoms with Gasteiger partial charge in [0.15, 0.2) is 0 Å². The molecule has 4 heterocycles. The van der Waals surface area contributed by atoms with Crippen LogP contribution < -0.4 is 20.3 Å². The molecule has 0 radical (unpaired) electrons. The predicted molar refractivity (Wildman–Crippen MR) is 145 cm³/mol. The molecule has 5 atom stereocenters. The number of carbonyl (C=O) groups is 2. The molecule has 3 aliphatic heterocycles. The second-order valence-electron chi connectivity index (χ2n) is 12.3. The molecule has 0 bridgehead atoms. The number of likely N-dealkylation sites (tertiary alicyclic amines) is 1. The smallest absolute Gasteiger partial charge is 0.253 e. The summed E-state index contributed by atoms with van der Waals surface area (Å²) in [6.07, 6.45) is 6.75. The van der Waals surface area contributed by atoms with Crippen molar-refractivity contribution in [2.75, 3.05) is 24.6 Å². The Morgan fingerprint density at radius 1 is 1.08 bits per heavy atom. The maximum Gasteiger partial charge on any atom is 0.253 e. The van der Waals surface area contributed by atoms with E-state index >= 15 is 0 Å². The third kappa shape index (κ3) is 3.71. The van der Waals surface area contributed by atoms with E-state index in [4.69, 9.17) is 9.72 Å². The molecule has 2 saturated heterocycles. The molecule has 1 aromatic carbocycles. The van der Waals surface area contributed by atoms with E-state index in [0.717, 1.165) is 67.9 Å². The van der Waals surface area contributed by atoms with Crippen LogP contribution in [0.15, 0.2) is 30.5 Å². The van der Waals surface area contributed by atoms with Gasteiger partial charge in [0.25, 0.3) is 11.8 Å². The number of benzene rings is 1. The van der Waals surface area contributed by atoms with Crippen molar-refractivity contribution in [1.82, 2.24) is 20.5 Å². The van der Waals surface area contributed by atoms with Crippen LogP contribution in [0, 0.1) is 12.3 Å². The highest BCUT2D eigenvalue weighted by atomic mass is 16.5. The highest BCUT2D eigenvalue weighted by Crippen LogP contribution is 2.71. The molecule has 8 nitrogen and oxygen atoms in total. The number of nitrogens with zero attached hydrogens (tertiary/aromatic N) is 3. The fraction of sp³-hybridized carbons (Fsp3) is 0.567. The molecule has 2 N–H and O–H groups in total. The van der Waals surface area contributed by atoms with Crippen molar-refractivity contribution in [2.24, 2.45) is 5.41 Å². The van der Waals surface area contributed by atoms with Gasteiger partial charge in [-0.3, -0.25) is 14.5 Å². The van der Waals surface area contributed by atoms with Gasteiger partial charge in [0.2, 0.25) is 0 Å². The highest BCUT2D eigenvalue weighted by molar-refractivity contribution is 5.97. The first-order valence-corrected chi connectivity index (χ1v) is 14.2. The van der Waals surface area contributed by atoms with Gasteiger partial charge in [0.1, 0.15) is 11.6 Å². The number of hydrogen-bond donors (Lipinski definition) is 2. The van der Waals surface area contributed by atoms with E-state index in [2.05, 4.69) is 34.3 Å². The van der Waals surface area contributed by atoms with Gasteiger partial charge in [0.05, 0.1) is 12.2 Å². The summed E-state index contributed by atoms with van der Waals surface area (Å²) in [7, 11) is 0. The van der Waals surface area contributed by atoms with E-state index in [1.54, 1.807) is 6.20 Å². The summed E-state index contributed by atoms with van der Waals surface area (Å²) < 4.78 is 5.77. The summed E-state index contributed by atoms with van der Waals surface area (Å²) in [4.78, 5) is 35.5. The van der Waals surface area contributed by atoms with Gasteiger partial charge in [-0.2, -0.15) is 0 Å². The van der Waals surface area contributed by atoms with Crippen LogP contribution in [0.25, 0.3) is 0 Å². The first kappa shape index (κ1) is 23.9. The molecule has 1 aromatic heterocycles. The number of ether oxygens (including phenoxy) is 1. The molecule has 7 rings (SSSR count). The Bertz CT molecular complexity index is 1290. The van der Waals surface area contributed by atoms with Crippen LogP contribution in [-0.4, -0.2) is 71.6 Å². The van der Waals surface area contributed by atoms with Crippen molar-refractivity contribution in [3.05, 3.63) is 52.7 Å². The quantitative estimate of drug-likeness (QED) is 0.615. The summed E-state index contributed by atoms with van der Waals surface area (Å²) in [6, 6.07) is 9.64. The molecule has 4 fully saturated rings. The molecule has 2 aliphatic carbocycles. The maximum atomic E-state index is 13.2. The fourth-order valence-corrected chi connectivity index (χ4v) is 7.62. The second kappa shape index (κ2) is 8.70. The topological polar surface area (TPSA) is 86.8 Å². The van der Waals surface area contributed by atoms with E-state index < -0.39 is 0 Å². The normalized spacial score (nSPS) is 30.8. The van der Waals surface area contributed by atoms with Crippen LogP contribution in [0.5, 0.6) is 5.75 Å². The molecule has 2 saturated carbocycles. The summed E-state index contributed by atoms with van der Waals surface area (Å²) in [6.45, 7) is 9.01. The van der Waals surface area contributed by atoms with Crippen molar-refractivity contribution in [1.29, 1.82) is 0 Å². The van der Waals surface area contributed by atoms with Gasteiger partial charge in [-0.1, -0.05) is 6.07 Å². The number of fused-ring (bicyclic) bond motifs is 1. The van der Waals surface area contributed by atoms with Crippen molar-refractivity contribution in [3.8, 4) is 5.75 Å². The van der Waals surface area contributed by atoms with E-state index in [0.29, 0.717) is 35.7 Å². The predicted octanol–water partition coefficient (Wildman–Crippen LogP) is 3.08. The first-order valence-electron chi connectivity index (χ1n) is 14.2. The van der Waals surface area contributed by atoms with Crippen LogP contribution in [0.4, 0.5) is 5.82 Å². The zero-order chi connectivity index (χ0) is 26.2. The molecule has 4 unspecified atom stereocenters.